The predicted molar refractivity (Wildman–Crippen MR) is 68.0 cm³/mol. The number of rotatable bonds is 1. The molecule has 0 spiro atoms. The first kappa shape index (κ1) is 15.4. The lowest BCUT2D eigenvalue weighted by Gasteiger charge is -2.19. The molecule has 0 aromatic heterocycles. The normalized spacial score (nSPS) is 10.3. The van der Waals surface area contributed by atoms with Crippen molar-refractivity contribution in [1.29, 1.82) is 5.26 Å². The Kier molecular flexibility index (Phi) is 4.64. The van der Waals surface area contributed by atoms with Gasteiger partial charge in [-0.05, 0) is 39.0 Å². The Bertz CT molecular complexity index is 573. The second-order valence-corrected chi connectivity index (χ2v) is 4.89. The molecule has 0 atom stereocenters. The van der Waals surface area contributed by atoms with Gasteiger partial charge < -0.3 is 4.74 Å². The predicted octanol–water partition coefficient (Wildman–Crippen LogP) is 1.87. The van der Waals surface area contributed by atoms with E-state index in [-0.39, 0.29) is 11.1 Å². The summed E-state index contributed by atoms with van der Waals surface area (Å²) in [5, 5.41) is 8.69. The molecular formula is C13H14FN3O3. The van der Waals surface area contributed by atoms with Crippen LogP contribution in [0.15, 0.2) is 18.2 Å². The summed E-state index contributed by atoms with van der Waals surface area (Å²) in [7, 11) is 0. The van der Waals surface area contributed by atoms with Crippen molar-refractivity contribution in [3.63, 3.8) is 0 Å². The zero-order chi connectivity index (χ0) is 15.3. The van der Waals surface area contributed by atoms with Crippen LogP contribution in [-0.2, 0) is 4.74 Å². The van der Waals surface area contributed by atoms with Gasteiger partial charge >= 0.3 is 6.09 Å². The third-order valence-electron chi connectivity index (χ3n) is 2.02. The number of nitrogens with one attached hydrogen (secondary N) is 2. The first-order valence-electron chi connectivity index (χ1n) is 5.72. The minimum atomic E-state index is -0.884. The van der Waals surface area contributed by atoms with Crippen LogP contribution in [-0.4, -0.2) is 17.6 Å². The number of halogens is 1. The molecular weight excluding hydrogens is 265 g/mol. The van der Waals surface area contributed by atoms with Crippen molar-refractivity contribution < 1.29 is 18.7 Å². The number of hydrazine groups is 1. The van der Waals surface area contributed by atoms with E-state index in [9.17, 15) is 14.0 Å². The minimum Gasteiger partial charge on any atom is -0.443 e. The van der Waals surface area contributed by atoms with Gasteiger partial charge in [0.2, 0.25) is 0 Å². The first-order chi connectivity index (χ1) is 9.23. The molecule has 2 amide bonds. The maximum Gasteiger partial charge on any atom is 0.426 e. The van der Waals surface area contributed by atoms with Crippen LogP contribution in [0, 0.1) is 17.1 Å². The number of ether oxygens (including phenoxy) is 1. The fraction of sp³-hybridized carbons (Fsp3) is 0.308. The second-order valence-electron chi connectivity index (χ2n) is 4.89. The van der Waals surface area contributed by atoms with Crippen LogP contribution in [0.3, 0.4) is 0 Å². The Balaban J connectivity index is 2.69. The Morgan fingerprint density at radius 3 is 2.50 bits per heavy atom. The summed E-state index contributed by atoms with van der Waals surface area (Å²) in [6.07, 6.45) is -0.873. The molecule has 0 saturated heterocycles. The second kappa shape index (κ2) is 6.02. The number of amides is 2. The summed E-state index contributed by atoms with van der Waals surface area (Å²) >= 11 is 0. The van der Waals surface area contributed by atoms with Gasteiger partial charge in [-0.3, -0.25) is 10.2 Å². The summed E-state index contributed by atoms with van der Waals surface area (Å²) in [6.45, 7) is 4.97. The number of benzene rings is 1. The molecule has 1 aromatic rings. The van der Waals surface area contributed by atoms with Gasteiger partial charge in [-0.15, -0.1) is 0 Å². The number of hydrogen-bond acceptors (Lipinski definition) is 4. The van der Waals surface area contributed by atoms with E-state index in [0.717, 1.165) is 12.1 Å². The fourth-order valence-corrected chi connectivity index (χ4v) is 1.25. The molecule has 0 aliphatic rings. The highest BCUT2D eigenvalue weighted by molar-refractivity contribution is 5.95. The number of carbonyl (C=O) groups is 2. The van der Waals surface area contributed by atoms with Crippen molar-refractivity contribution in [2.24, 2.45) is 0 Å². The standard InChI is InChI=1S/C13H14FN3O3/c1-13(2,3)20-12(19)17-16-11(18)9-6-8(7-15)4-5-10(9)14/h4-6H,1-3H3,(H,16,18)(H,17,19). The average Bonchev–Trinajstić information content (AvgIpc) is 2.34. The zero-order valence-electron chi connectivity index (χ0n) is 11.3. The summed E-state index contributed by atoms with van der Waals surface area (Å²) < 4.78 is 18.3. The maximum atomic E-state index is 13.4. The van der Waals surface area contributed by atoms with Crippen LogP contribution in [0.5, 0.6) is 0 Å². The highest BCUT2D eigenvalue weighted by atomic mass is 19.1. The highest BCUT2D eigenvalue weighted by Gasteiger charge is 2.18. The van der Waals surface area contributed by atoms with E-state index in [0.29, 0.717) is 0 Å². The number of nitriles is 1. The van der Waals surface area contributed by atoms with E-state index in [1.165, 1.54) is 6.07 Å². The van der Waals surface area contributed by atoms with Crippen LogP contribution in [0.25, 0.3) is 0 Å². The lowest BCUT2D eigenvalue weighted by Crippen LogP contribution is -2.44. The average molecular weight is 279 g/mol. The monoisotopic (exact) mass is 279 g/mol. The van der Waals surface area contributed by atoms with Gasteiger partial charge in [-0.1, -0.05) is 0 Å². The maximum absolute atomic E-state index is 13.4. The zero-order valence-corrected chi connectivity index (χ0v) is 11.3. The van der Waals surface area contributed by atoms with Gasteiger partial charge in [0, 0.05) is 0 Å². The van der Waals surface area contributed by atoms with Crippen molar-refractivity contribution in [2.45, 2.75) is 26.4 Å². The molecule has 0 fully saturated rings. The quantitative estimate of drug-likeness (QED) is 0.768. The summed E-state index contributed by atoms with van der Waals surface area (Å²) in [4.78, 5) is 23.0. The number of hydrogen-bond donors (Lipinski definition) is 2. The Morgan fingerprint density at radius 2 is 1.95 bits per heavy atom. The van der Waals surface area contributed by atoms with Crippen molar-refractivity contribution in [3.8, 4) is 6.07 Å². The van der Waals surface area contributed by atoms with Crippen molar-refractivity contribution in [1.82, 2.24) is 10.9 Å². The van der Waals surface area contributed by atoms with Crippen LogP contribution in [0.2, 0.25) is 0 Å². The van der Waals surface area contributed by atoms with Gasteiger partial charge in [0.25, 0.3) is 5.91 Å². The topological polar surface area (TPSA) is 91.2 Å². The minimum absolute atomic E-state index is 0.133. The summed E-state index contributed by atoms with van der Waals surface area (Å²) in [5.41, 5.74) is 3.06. The van der Waals surface area contributed by atoms with Crippen molar-refractivity contribution >= 4 is 12.0 Å². The van der Waals surface area contributed by atoms with Crippen LogP contribution < -0.4 is 10.9 Å². The van der Waals surface area contributed by atoms with Crippen LogP contribution >= 0.6 is 0 Å². The van der Waals surface area contributed by atoms with E-state index < -0.39 is 23.4 Å². The SMILES string of the molecule is CC(C)(C)OC(=O)NNC(=O)c1cc(C#N)ccc1F. The molecule has 20 heavy (non-hydrogen) atoms. The largest absolute Gasteiger partial charge is 0.443 e. The molecule has 0 aliphatic carbocycles. The molecule has 7 heteroatoms. The molecule has 0 unspecified atom stereocenters. The lowest BCUT2D eigenvalue weighted by atomic mass is 10.1. The molecule has 6 nitrogen and oxygen atoms in total. The smallest absolute Gasteiger partial charge is 0.426 e. The molecule has 0 saturated carbocycles. The molecule has 1 aromatic carbocycles. The molecule has 1 rings (SSSR count). The molecule has 2 N–H and O–H groups in total. The van der Waals surface area contributed by atoms with Crippen molar-refractivity contribution in [2.75, 3.05) is 0 Å². The van der Waals surface area contributed by atoms with E-state index >= 15 is 0 Å². The van der Waals surface area contributed by atoms with Crippen molar-refractivity contribution in [3.05, 3.63) is 35.1 Å². The first-order valence-corrected chi connectivity index (χ1v) is 5.72. The van der Waals surface area contributed by atoms with Gasteiger partial charge in [0.05, 0.1) is 17.2 Å². The van der Waals surface area contributed by atoms with E-state index in [2.05, 4.69) is 0 Å². The van der Waals surface area contributed by atoms with E-state index in [4.69, 9.17) is 10.00 Å². The Labute approximate surface area is 115 Å². The summed E-state index contributed by atoms with van der Waals surface area (Å²) in [6, 6.07) is 5.12. The van der Waals surface area contributed by atoms with Gasteiger partial charge in [-0.25, -0.2) is 14.6 Å². The number of carbonyl (C=O) groups excluding carboxylic acids is 2. The van der Waals surface area contributed by atoms with Gasteiger partial charge in [0.1, 0.15) is 11.4 Å². The lowest BCUT2D eigenvalue weighted by molar-refractivity contribution is 0.0483. The molecule has 0 heterocycles. The molecule has 0 radical (unpaired) electrons. The highest BCUT2D eigenvalue weighted by Crippen LogP contribution is 2.10. The van der Waals surface area contributed by atoms with Gasteiger partial charge in [-0.2, -0.15) is 5.26 Å². The van der Waals surface area contributed by atoms with E-state index in [1.54, 1.807) is 26.8 Å². The molecule has 106 valence electrons. The molecule has 0 bridgehead atoms. The fourth-order valence-electron chi connectivity index (χ4n) is 1.25. The van der Waals surface area contributed by atoms with Gasteiger partial charge in [0.15, 0.2) is 0 Å². The Morgan fingerprint density at radius 1 is 1.30 bits per heavy atom. The van der Waals surface area contributed by atoms with E-state index in [1.807, 2.05) is 10.9 Å². The third-order valence-corrected chi connectivity index (χ3v) is 2.02. The summed E-state index contributed by atoms with van der Waals surface area (Å²) in [5.74, 6) is -1.68. The van der Waals surface area contributed by atoms with Crippen LogP contribution in [0.1, 0.15) is 36.7 Å². The third kappa shape index (κ3) is 4.57. The van der Waals surface area contributed by atoms with Crippen LogP contribution in [0.4, 0.5) is 9.18 Å². The molecule has 0 aliphatic heterocycles. The Hall–Kier alpha value is -2.62. The number of nitrogens with zero attached hydrogens (tertiary/aromatic N) is 1.